The molecule has 1 aliphatic rings. The van der Waals surface area contributed by atoms with Crippen LogP contribution >= 0.6 is 0 Å². The van der Waals surface area contributed by atoms with E-state index in [2.05, 4.69) is 19.9 Å². The van der Waals surface area contributed by atoms with Crippen LogP contribution in [0.3, 0.4) is 0 Å². The van der Waals surface area contributed by atoms with Crippen molar-refractivity contribution in [3.63, 3.8) is 0 Å². The SMILES string of the molecule is COc1cc(C2(F)CCN(C)CC2)ccc1/C(N)=C/C(N)=Nc1cnc(C#N)cn1. The molecule has 0 amide bonds. The predicted octanol–water partition coefficient (Wildman–Crippen LogP) is 2.24. The van der Waals surface area contributed by atoms with E-state index in [0.29, 0.717) is 48.5 Å². The average Bonchev–Trinajstić information content (AvgIpc) is 2.75. The van der Waals surface area contributed by atoms with Gasteiger partial charge in [-0.25, -0.2) is 19.4 Å². The van der Waals surface area contributed by atoms with Crippen molar-refractivity contribution in [2.75, 3.05) is 27.2 Å². The van der Waals surface area contributed by atoms with Gasteiger partial charge in [-0.15, -0.1) is 0 Å². The van der Waals surface area contributed by atoms with Crippen LogP contribution in [0.5, 0.6) is 5.75 Å². The molecular formula is C21H24FN7O. The van der Waals surface area contributed by atoms with Crippen LogP contribution < -0.4 is 16.2 Å². The lowest BCUT2D eigenvalue weighted by atomic mass is 9.85. The zero-order valence-electron chi connectivity index (χ0n) is 17.0. The fraction of sp³-hybridized carbons (Fsp3) is 0.333. The van der Waals surface area contributed by atoms with Gasteiger partial charge in [-0.1, -0.05) is 6.07 Å². The third kappa shape index (κ3) is 4.72. The quantitative estimate of drug-likeness (QED) is 0.573. The summed E-state index contributed by atoms with van der Waals surface area (Å²) in [4.78, 5) is 14.1. The molecule has 1 fully saturated rings. The van der Waals surface area contributed by atoms with Gasteiger partial charge in [-0.3, -0.25) is 0 Å². The van der Waals surface area contributed by atoms with E-state index in [1.165, 1.54) is 25.6 Å². The van der Waals surface area contributed by atoms with Gasteiger partial charge in [0.05, 0.1) is 19.5 Å². The normalized spacial score (nSPS) is 17.4. The van der Waals surface area contributed by atoms with E-state index >= 15 is 4.39 Å². The number of hydrogen-bond acceptors (Lipinski definition) is 7. The lowest BCUT2D eigenvalue weighted by molar-refractivity contribution is 0.0672. The Bertz CT molecular complexity index is 1000. The van der Waals surface area contributed by atoms with Gasteiger partial charge >= 0.3 is 0 Å². The van der Waals surface area contributed by atoms with Crippen LogP contribution in [0.15, 0.2) is 41.7 Å². The third-order valence-corrected chi connectivity index (χ3v) is 5.11. The molecule has 0 saturated carbocycles. The number of aromatic nitrogens is 2. The lowest BCUT2D eigenvalue weighted by Crippen LogP contribution is -2.38. The number of nitriles is 1. The average molecular weight is 409 g/mol. The molecule has 9 heteroatoms. The first-order valence-electron chi connectivity index (χ1n) is 9.44. The van der Waals surface area contributed by atoms with E-state index in [9.17, 15) is 0 Å². The van der Waals surface area contributed by atoms with Gasteiger partial charge in [0.25, 0.3) is 0 Å². The summed E-state index contributed by atoms with van der Waals surface area (Å²) >= 11 is 0. The summed E-state index contributed by atoms with van der Waals surface area (Å²) in [5, 5.41) is 8.76. The van der Waals surface area contributed by atoms with Crippen LogP contribution in [0.25, 0.3) is 5.70 Å². The summed E-state index contributed by atoms with van der Waals surface area (Å²) in [5.41, 5.74) is 12.4. The van der Waals surface area contributed by atoms with Crippen LogP contribution in [-0.2, 0) is 5.67 Å². The van der Waals surface area contributed by atoms with Gasteiger partial charge in [-0.2, -0.15) is 5.26 Å². The monoisotopic (exact) mass is 409 g/mol. The number of piperidine rings is 1. The van der Waals surface area contributed by atoms with E-state index in [1.807, 2.05) is 13.1 Å². The Morgan fingerprint density at radius 3 is 2.63 bits per heavy atom. The highest BCUT2D eigenvalue weighted by molar-refractivity contribution is 5.99. The molecule has 0 atom stereocenters. The lowest BCUT2D eigenvalue weighted by Gasteiger charge is -2.35. The van der Waals surface area contributed by atoms with Gasteiger partial charge in [0.2, 0.25) is 0 Å². The second-order valence-corrected chi connectivity index (χ2v) is 7.19. The second kappa shape index (κ2) is 8.88. The summed E-state index contributed by atoms with van der Waals surface area (Å²) in [6.45, 7) is 1.40. The Hall–Kier alpha value is -3.51. The van der Waals surface area contributed by atoms with E-state index in [1.54, 1.807) is 18.2 Å². The van der Waals surface area contributed by atoms with Gasteiger partial charge in [0.15, 0.2) is 11.5 Å². The summed E-state index contributed by atoms with van der Waals surface area (Å²) < 4.78 is 20.9. The zero-order chi connectivity index (χ0) is 21.7. The van der Waals surface area contributed by atoms with Crippen molar-refractivity contribution in [1.82, 2.24) is 14.9 Å². The van der Waals surface area contributed by atoms with Crippen molar-refractivity contribution >= 4 is 17.4 Å². The number of benzene rings is 1. The minimum absolute atomic E-state index is 0.106. The molecule has 1 aromatic heterocycles. The number of halogens is 1. The van der Waals surface area contributed by atoms with Crippen LogP contribution in [-0.4, -0.2) is 48.0 Å². The van der Waals surface area contributed by atoms with E-state index in [0.717, 1.165) is 0 Å². The van der Waals surface area contributed by atoms with Crippen LogP contribution in [0.2, 0.25) is 0 Å². The fourth-order valence-corrected chi connectivity index (χ4v) is 3.31. The van der Waals surface area contributed by atoms with Crippen molar-refractivity contribution < 1.29 is 9.13 Å². The number of hydrogen-bond donors (Lipinski definition) is 2. The number of alkyl halides is 1. The van der Waals surface area contributed by atoms with Crippen molar-refractivity contribution in [2.24, 2.45) is 16.5 Å². The first-order chi connectivity index (χ1) is 14.3. The molecule has 1 aliphatic heterocycles. The van der Waals surface area contributed by atoms with Crippen LogP contribution in [0.4, 0.5) is 10.2 Å². The number of nitrogens with two attached hydrogens (primary N) is 2. The Kier molecular flexibility index (Phi) is 6.28. The smallest absolute Gasteiger partial charge is 0.172 e. The van der Waals surface area contributed by atoms with Gasteiger partial charge in [0, 0.05) is 30.4 Å². The number of aliphatic imine (C=N–C) groups is 1. The maximum absolute atomic E-state index is 15.4. The highest BCUT2D eigenvalue weighted by atomic mass is 19.1. The van der Waals surface area contributed by atoms with Crippen molar-refractivity contribution in [3.05, 3.63) is 53.5 Å². The summed E-state index contributed by atoms with van der Waals surface area (Å²) in [6.07, 6.45) is 4.98. The molecule has 156 valence electrons. The molecular weight excluding hydrogens is 385 g/mol. The summed E-state index contributed by atoms with van der Waals surface area (Å²) in [6, 6.07) is 7.04. The van der Waals surface area contributed by atoms with E-state index < -0.39 is 5.67 Å². The molecule has 1 saturated heterocycles. The minimum atomic E-state index is -1.38. The van der Waals surface area contributed by atoms with Gasteiger partial charge in [-0.05, 0) is 37.6 Å². The first-order valence-corrected chi connectivity index (χ1v) is 9.44. The number of ether oxygens (including phenoxy) is 1. The molecule has 4 N–H and O–H groups in total. The molecule has 0 radical (unpaired) electrons. The Morgan fingerprint density at radius 1 is 1.30 bits per heavy atom. The van der Waals surface area contributed by atoms with Crippen LogP contribution in [0, 0.1) is 11.3 Å². The molecule has 0 bridgehead atoms. The highest BCUT2D eigenvalue weighted by Gasteiger charge is 2.35. The third-order valence-electron chi connectivity index (χ3n) is 5.11. The summed E-state index contributed by atoms with van der Waals surface area (Å²) in [5.74, 6) is 0.817. The number of nitrogens with zero attached hydrogens (tertiary/aromatic N) is 5. The maximum Gasteiger partial charge on any atom is 0.172 e. The Labute approximate surface area is 174 Å². The zero-order valence-corrected chi connectivity index (χ0v) is 17.0. The standard InChI is InChI=1S/C21H24FN7O/c1-29-7-5-21(22,6-8-29)14-3-4-16(18(9-14)30-2)17(24)10-19(25)28-20-13-26-15(11-23)12-27-20/h3-4,9-10,12-13H,5-8,24H2,1-2H3,(H2,25,27,28)/b17-10-. The molecule has 2 aromatic rings. The summed E-state index contributed by atoms with van der Waals surface area (Å²) in [7, 11) is 3.50. The Balaban J connectivity index is 1.85. The molecule has 0 aliphatic carbocycles. The molecule has 0 spiro atoms. The number of methoxy groups -OCH3 is 1. The molecule has 8 nitrogen and oxygen atoms in total. The second-order valence-electron chi connectivity index (χ2n) is 7.19. The van der Waals surface area contributed by atoms with Crippen LogP contribution in [0.1, 0.15) is 29.7 Å². The minimum Gasteiger partial charge on any atom is -0.496 e. The molecule has 30 heavy (non-hydrogen) atoms. The first kappa shape index (κ1) is 21.2. The van der Waals surface area contributed by atoms with Crippen molar-refractivity contribution in [2.45, 2.75) is 18.5 Å². The molecule has 1 aromatic carbocycles. The highest BCUT2D eigenvalue weighted by Crippen LogP contribution is 2.39. The fourth-order valence-electron chi connectivity index (χ4n) is 3.31. The van der Waals surface area contributed by atoms with E-state index in [4.69, 9.17) is 21.5 Å². The van der Waals surface area contributed by atoms with E-state index in [-0.39, 0.29) is 17.3 Å². The largest absolute Gasteiger partial charge is 0.496 e. The predicted molar refractivity (Wildman–Crippen MR) is 113 cm³/mol. The van der Waals surface area contributed by atoms with Crippen molar-refractivity contribution in [3.8, 4) is 11.8 Å². The van der Waals surface area contributed by atoms with Gasteiger partial charge < -0.3 is 21.1 Å². The van der Waals surface area contributed by atoms with Gasteiger partial charge in [0.1, 0.15) is 23.3 Å². The van der Waals surface area contributed by atoms with Crippen molar-refractivity contribution in [1.29, 1.82) is 5.26 Å². The molecule has 0 unspecified atom stereocenters. The number of amidine groups is 1. The topological polar surface area (TPSA) is 126 Å². The Morgan fingerprint density at radius 2 is 2.03 bits per heavy atom. The number of likely N-dealkylation sites (tertiary alicyclic amines) is 1. The maximum atomic E-state index is 15.4. The molecule has 3 rings (SSSR count). The number of rotatable bonds is 5. The molecule has 2 heterocycles.